The number of rotatable bonds is 5. The van der Waals surface area contributed by atoms with Gasteiger partial charge in [-0.05, 0) is 39.2 Å². The number of hydrogen-bond acceptors (Lipinski definition) is 4. The summed E-state index contributed by atoms with van der Waals surface area (Å²) in [6.07, 6.45) is 2.46. The molecule has 1 amide bonds. The molecule has 5 heteroatoms. The minimum absolute atomic E-state index is 0.104. The lowest BCUT2D eigenvalue weighted by molar-refractivity contribution is 0.0952. The van der Waals surface area contributed by atoms with E-state index in [0.717, 1.165) is 13.0 Å². The fourth-order valence-corrected chi connectivity index (χ4v) is 1.29. The Balaban J connectivity index is 2.35. The predicted octanol–water partition coefficient (Wildman–Crippen LogP) is 0.345. The van der Waals surface area contributed by atoms with Crippen molar-refractivity contribution in [2.75, 3.05) is 32.9 Å². The van der Waals surface area contributed by atoms with E-state index in [2.05, 4.69) is 15.2 Å². The molecule has 3 N–H and O–H groups in total. The Hall–Kier alpha value is -1.62. The number of aromatic nitrogens is 1. The lowest BCUT2D eigenvalue weighted by Gasteiger charge is -2.09. The molecule has 1 aromatic rings. The van der Waals surface area contributed by atoms with Gasteiger partial charge in [-0.25, -0.2) is 4.98 Å². The van der Waals surface area contributed by atoms with Gasteiger partial charge >= 0.3 is 0 Å². The first-order chi connectivity index (χ1) is 7.59. The Morgan fingerprint density at radius 1 is 1.56 bits per heavy atom. The summed E-state index contributed by atoms with van der Waals surface area (Å²) >= 11 is 0. The molecule has 0 spiro atoms. The van der Waals surface area contributed by atoms with E-state index in [1.54, 1.807) is 12.1 Å². The maximum absolute atomic E-state index is 11.6. The predicted molar refractivity (Wildman–Crippen MR) is 64.2 cm³/mol. The first-order valence-corrected chi connectivity index (χ1v) is 5.24. The van der Waals surface area contributed by atoms with Gasteiger partial charge in [0.2, 0.25) is 0 Å². The van der Waals surface area contributed by atoms with Crippen molar-refractivity contribution in [3.05, 3.63) is 23.9 Å². The third-order valence-corrected chi connectivity index (χ3v) is 2.11. The fourth-order valence-electron chi connectivity index (χ4n) is 1.29. The second-order valence-electron chi connectivity index (χ2n) is 3.88. The lowest BCUT2D eigenvalue weighted by atomic mass is 10.2. The van der Waals surface area contributed by atoms with Crippen molar-refractivity contribution in [3.8, 4) is 0 Å². The number of anilines is 1. The third-order valence-electron chi connectivity index (χ3n) is 2.11. The van der Waals surface area contributed by atoms with Crippen LogP contribution in [0.2, 0.25) is 0 Å². The largest absolute Gasteiger partial charge is 0.384 e. The Kier molecular flexibility index (Phi) is 4.72. The van der Waals surface area contributed by atoms with Crippen LogP contribution >= 0.6 is 0 Å². The van der Waals surface area contributed by atoms with Crippen LogP contribution in [0.4, 0.5) is 5.82 Å². The molecule has 16 heavy (non-hydrogen) atoms. The summed E-state index contributed by atoms with van der Waals surface area (Å²) in [6, 6.07) is 3.22. The van der Waals surface area contributed by atoms with E-state index in [9.17, 15) is 4.79 Å². The summed E-state index contributed by atoms with van der Waals surface area (Å²) in [5, 5.41) is 2.83. The SMILES string of the molecule is CN(C)CCCNC(=O)c1ccnc(N)c1. The molecule has 88 valence electrons. The summed E-state index contributed by atoms with van der Waals surface area (Å²) in [7, 11) is 4.01. The second kappa shape index (κ2) is 6.07. The minimum Gasteiger partial charge on any atom is -0.384 e. The normalized spacial score (nSPS) is 10.4. The number of hydrogen-bond donors (Lipinski definition) is 2. The maximum atomic E-state index is 11.6. The summed E-state index contributed by atoms with van der Waals surface area (Å²) < 4.78 is 0. The lowest BCUT2D eigenvalue weighted by Crippen LogP contribution is -2.27. The van der Waals surface area contributed by atoms with Gasteiger partial charge in [-0.2, -0.15) is 0 Å². The van der Waals surface area contributed by atoms with Crippen LogP contribution in [0.15, 0.2) is 18.3 Å². The molecule has 0 atom stereocenters. The fraction of sp³-hybridized carbons (Fsp3) is 0.455. The number of pyridine rings is 1. The van der Waals surface area contributed by atoms with Gasteiger partial charge in [-0.3, -0.25) is 4.79 Å². The van der Waals surface area contributed by atoms with Crippen molar-refractivity contribution < 1.29 is 4.79 Å². The number of nitrogens with zero attached hydrogens (tertiary/aromatic N) is 2. The smallest absolute Gasteiger partial charge is 0.251 e. The van der Waals surface area contributed by atoms with E-state index in [1.165, 1.54) is 6.20 Å². The van der Waals surface area contributed by atoms with Crippen molar-refractivity contribution in [2.45, 2.75) is 6.42 Å². The second-order valence-corrected chi connectivity index (χ2v) is 3.88. The van der Waals surface area contributed by atoms with Crippen LogP contribution < -0.4 is 11.1 Å². The highest BCUT2D eigenvalue weighted by Gasteiger charge is 2.04. The molecule has 0 bridgehead atoms. The van der Waals surface area contributed by atoms with Crippen LogP contribution in [0.3, 0.4) is 0 Å². The molecule has 0 aromatic carbocycles. The van der Waals surface area contributed by atoms with E-state index < -0.39 is 0 Å². The first kappa shape index (κ1) is 12.4. The van der Waals surface area contributed by atoms with Crippen LogP contribution in [0.25, 0.3) is 0 Å². The Bertz CT molecular complexity index is 352. The molecule has 1 aromatic heterocycles. The van der Waals surface area contributed by atoms with Crippen LogP contribution in [0, 0.1) is 0 Å². The topological polar surface area (TPSA) is 71.2 Å². The van der Waals surface area contributed by atoms with Gasteiger partial charge in [0, 0.05) is 18.3 Å². The molecule has 1 rings (SSSR count). The van der Waals surface area contributed by atoms with Crippen molar-refractivity contribution >= 4 is 11.7 Å². The zero-order chi connectivity index (χ0) is 12.0. The summed E-state index contributed by atoms with van der Waals surface area (Å²) in [5.41, 5.74) is 6.05. The number of carbonyl (C=O) groups is 1. The molecular formula is C11H18N4O. The molecular weight excluding hydrogens is 204 g/mol. The van der Waals surface area contributed by atoms with Gasteiger partial charge in [0.05, 0.1) is 0 Å². The van der Waals surface area contributed by atoms with Crippen LogP contribution in [0.5, 0.6) is 0 Å². The molecule has 0 fully saturated rings. The van der Waals surface area contributed by atoms with Crippen molar-refractivity contribution in [1.82, 2.24) is 15.2 Å². The maximum Gasteiger partial charge on any atom is 0.251 e. The number of nitrogens with one attached hydrogen (secondary N) is 1. The average Bonchev–Trinajstić information content (AvgIpc) is 2.24. The number of nitrogens with two attached hydrogens (primary N) is 1. The standard InChI is InChI=1S/C11H18N4O/c1-15(2)7-3-5-14-11(16)9-4-6-13-10(12)8-9/h4,6,8H,3,5,7H2,1-2H3,(H2,12,13)(H,14,16). The average molecular weight is 222 g/mol. The van der Waals surface area contributed by atoms with Crippen LogP contribution in [-0.4, -0.2) is 43.0 Å². The van der Waals surface area contributed by atoms with E-state index in [0.29, 0.717) is 17.9 Å². The first-order valence-electron chi connectivity index (χ1n) is 5.24. The highest BCUT2D eigenvalue weighted by atomic mass is 16.1. The highest BCUT2D eigenvalue weighted by Crippen LogP contribution is 2.02. The van der Waals surface area contributed by atoms with E-state index in [4.69, 9.17) is 5.73 Å². The number of amides is 1. The van der Waals surface area contributed by atoms with Gasteiger partial charge in [0.15, 0.2) is 0 Å². The summed E-state index contributed by atoms with van der Waals surface area (Å²) in [6.45, 7) is 1.62. The zero-order valence-corrected chi connectivity index (χ0v) is 9.73. The van der Waals surface area contributed by atoms with Crippen molar-refractivity contribution in [1.29, 1.82) is 0 Å². The van der Waals surface area contributed by atoms with Gasteiger partial charge in [-0.1, -0.05) is 0 Å². The third kappa shape index (κ3) is 4.27. The molecule has 1 heterocycles. The van der Waals surface area contributed by atoms with Gasteiger partial charge in [-0.15, -0.1) is 0 Å². The minimum atomic E-state index is -0.104. The number of nitrogen functional groups attached to an aromatic ring is 1. The molecule has 0 aliphatic rings. The summed E-state index contributed by atoms with van der Waals surface area (Å²) in [5.74, 6) is 0.258. The monoisotopic (exact) mass is 222 g/mol. The van der Waals surface area contributed by atoms with Gasteiger partial charge < -0.3 is 16.0 Å². The van der Waals surface area contributed by atoms with E-state index >= 15 is 0 Å². The highest BCUT2D eigenvalue weighted by molar-refractivity contribution is 5.94. The zero-order valence-electron chi connectivity index (χ0n) is 9.73. The molecule has 0 unspecified atom stereocenters. The Labute approximate surface area is 95.7 Å². The summed E-state index contributed by atoms with van der Waals surface area (Å²) in [4.78, 5) is 17.5. The van der Waals surface area contributed by atoms with E-state index in [1.807, 2.05) is 14.1 Å². The van der Waals surface area contributed by atoms with E-state index in [-0.39, 0.29) is 5.91 Å². The van der Waals surface area contributed by atoms with Gasteiger partial charge in [0.25, 0.3) is 5.91 Å². The van der Waals surface area contributed by atoms with Crippen molar-refractivity contribution in [2.24, 2.45) is 0 Å². The molecule has 0 saturated carbocycles. The molecule has 0 aliphatic heterocycles. The quantitative estimate of drug-likeness (QED) is 0.705. The number of carbonyl (C=O) groups excluding carboxylic acids is 1. The van der Waals surface area contributed by atoms with Crippen molar-refractivity contribution in [3.63, 3.8) is 0 Å². The Morgan fingerprint density at radius 3 is 2.94 bits per heavy atom. The van der Waals surface area contributed by atoms with Gasteiger partial charge in [0.1, 0.15) is 5.82 Å². The molecule has 0 saturated heterocycles. The molecule has 0 aliphatic carbocycles. The Morgan fingerprint density at radius 2 is 2.31 bits per heavy atom. The van der Waals surface area contributed by atoms with Crippen LogP contribution in [-0.2, 0) is 0 Å². The van der Waals surface area contributed by atoms with Crippen LogP contribution in [0.1, 0.15) is 16.8 Å². The molecule has 0 radical (unpaired) electrons. The molecule has 5 nitrogen and oxygen atoms in total.